The summed E-state index contributed by atoms with van der Waals surface area (Å²) < 4.78 is 11.0. The molecule has 3 atom stereocenters. The third kappa shape index (κ3) is 5.12. The van der Waals surface area contributed by atoms with Gasteiger partial charge < -0.3 is 14.8 Å². The molecule has 0 spiro atoms. The van der Waals surface area contributed by atoms with Crippen LogP contribution in [0.3, 0.4) is 0 Å². The molecule has 0 heterocycles. The molecule has 1 aliphatic carbocycles. The maximum Gasteiger partial charge on any atom is 0.342 e. The number of carbonyl (C=O) groups excluding carboxylic acids is 2. The van der Waals surface area contributed by atoms with Crippen LogP contribution >= 0.6 is 0 Å². The Bertz CT molecular complexity index is 805. The van der Waals surface area contributed by atoms with Gasteiger partial charge in [-0.25, -0.2) is 4.79 Å². The van der Waals surface area contributed by atoms with Gasteiger partial charge in [0.15, 0.2) is 6.61 Å². The molecule has 1 aliphatic rings. The van der Waals surface area contributed by atoms with Crippen molar-refractivity contribution >= 4 is 11.9 Å². The zero-order chi connectivity index (χ0) is 19.9. The monoisotopic (exact) mass is 381 g/mol. The number of para-hydroxylation sites is 2. The molecule has 28 heavy (non-hydrogen) atoms. The number of nitrogens with one attached hydrogen (secondary N) is 1. The van der Waals surface area contributed by atoms with Crippen LogP contribution in [-0.4, -0.2) is 24.5 Å². The van der Waals surface area contributed by atoms with Crippen molar-refractivity contribution in [1.29, 1.82) is 0 Å². The van der Waals surface area contributed by atoms with Gasteiger partial charge in [-0.05, 0) is 42.5 Å². The predicted molar refractivity (Wildman–Crippen MR) is 107 cm³/mol. The normalized spacial score (nSPS) is 21.6. The van der Waals surface area contributed by atoms with E-state index in [1.165, 1.54) is 6.42 Å². The smallest absolute Gasteiger partial charge is 0.342 e. The largest absolute Gasteiger partial charge is 0.456 e. The third-order valence-corrected chi connectivity index (χ3v) is 5.47. The molecule has 5 nitrogen and oxygen atoms in total. The van der Waals surface area contributed by atoms with Crippen molar-refractivity contribution in [3.8, 4) is 11.5 Å². The van der Waals surface area contributed by atoms with Crippen LogP contribution in [0.1, 0.15) is 43.5 Å². The fourth-order valence-corrected chi connectivity index (χ4v) is 3.58. The van der Waals surface area contributed by atoms with E-state index in [1.807, 2.05) is 30.3 Å². The summed E-state index contributed by atoms with van der Waals surface area (Å²) in [5, 5.41) is 3.01. The summed E-state index contributed by atoms with van der Waals surface area (Å²) >= 11 is 0. The first-order valence-electron chi connectivity index (χ1n) is 9.83. The highest BCUT2D eigenvalue weighted by molar-refractivity contribution is 5.94. The van der Waals surface area contributed by atoms with E-state index in [2.05, 4.69) is 19.2 Å². The summed E-state index contributed by atoms with van der Waals surface area (Å²) in [4.78, 5) is 24.7. The second kappa shape index (κ2) is 9.40. The molecule has 0 saturated heterocycles. The molecule has 0 bridgehead atoms. The van der Waals surface area contributed by atoms with Gasteiger partial charge in [0.2, 0.25) is 0 Å². The molecule has 1 amide bonds. The lowest BCUT2D eigenvalue weighted by Gasteiger charge is -2.34. The van der Waals surface area contributed by atoms with Crippen LogP contribution < -0.4 is 10.1 Å². The van der Waals surface area contributed by atoms with Gasteiger partial charge in [0.05, 0.1) is 0 Å². The molecule has 2 aromatic rings. The minimum atomic E-state index is -0.577. The van der Waals surface area contributed by atoms with E-state index in [0.717, 1.165) is 12.8 Å². The maximum absolute atomic E-state index is 12.5. The fraction of sp³-hybridized carbons (Fsp3) is 0.391. The fourth-order valence-electron chi connectivity index (χ4n) is 3.58. The van der Waals surface area contributed by atoms with Crippen molar-refractivity contribution in [2.75, 3.05) is 6.61 Å². The highest BCUT2D eigenvalue weighted by atomic mass is 16.5. The predicted octanol–water partition coefficient (Wildman–Crippen LogP) is 4.58. The number of hydrogen-bond donors (Lipinski definition) is 1. The Hall–Kier alpha value is -2.82. The Balaban J connectivity index is 1.57. The van der Waals surface area contributed by atoms with Gasteiger partial charge >= 0.3 is 5.97 Å². The Morgan fingerprint density at radius 2 is 1.71 bits per heavy atom. The third-order valence-electron chi connectivity index (χ3n) is 5.47. The van der Waals surface area contributed by atoms with Crippen LogP contribution in [0.15, 0.2) is 54.6 Å². The Kier molecular flexibility index (Phi) is 6.69. The minimum Gasteiger partial charge on any atom is -0.456 e. The van der Waals surface area contributed by atoms with Crippen LogP contribution in [-0.2, 0) is 9.53 Å². The van der Waals surface area contributed by atoms with Crippen molar-refractivity contribution in [1.82, 2.24) is 5.32 Å². The van der Waals surface area contributed by atoms with Gasteiger partial charge in [-0.1, -0.05) is 57.0 Å². The lowest BCUT2D eigenvalue weighted by molar-refractivity contribution is -0.125. The maximum atomic E-state index is 12.5. The Morgan fingerprint density at radius 1 is 1.00 bits per heavy atom. The first-order chi connectivity index (χ1) is 13.5. The molecular formula is C23H27NO4. The Morgan fingerprint density at radius 3 is 2.50 bits per heavy atom. The minimum absolute atomic E-state index is 0.142. The van der Waals surface area contributed by atoms with Gasteiger partial charge in [0.1, 0.15) is 17.1 Å². The quantitative estimate of drug-likeness (QED) is 0.744. The zero-order valence-corrected chi connectivity index (χ0v) is 16.4. The molecule has 1 fully saturated rings. The molecule has 0 unspecified atom stereocenters. The standard InChI is InChI=1S/C23H27NO4/c1-16-9-8-13-20(17(16)2)24-22(25)15-27-23(26)19-12-6-7-14-21(19)28-18-10-4-3-5-11-18/h3-7,10-12,14,16-17,20H,8-9,13,15H2,1-2H3,(H,24,25)/t16-,17-,20+/m1/s1. The number of hydrogen-bond acceptors (Lipinski definition) is 4. The average molecular weight is 381 g/mol. The van der Waals surface area contributed by atoms with Crippen LogP contribution in [0.5, 0.6) is 11.5 Å². The molecule has 148 valence electrons. The second-order valence-corrected chi connectivity index (χ2v) is 7.43. The Labute approximate surface area is 166 Å². The summed E-state index contributed by atoms with van der Waals surface area (Å²) in [5.74, 6) is 1.19. The van der Waals surface area contributed by atoms with E-state index in [-0.39, 0.29) is 18.6 Å². The molecular weight excluding hydrogens is 354 g/mol. The van der Waals surface area contributed by atoms with Crippen LogP contribution in [0.25, 0.3) is 0 Å². The zero-order valence-electron chi connectivity index (χ0n) is 16.4. The SMILES string of the molecule is C[C@@H]1[C@H](C)CCC[C@@H]1NC(=O)COC(=O)c1ccccc1Oc1ccccc1. The number of rotatable bonds is 6. The first-order valence-corrected chi connectivity index (χ1v) is 9.83. The molecule has 2 aromatic carbocycles. The summed E-state index contributed by atoms with van der Waals surface area (Å²) in [7, 11) is 0. The topological polar surface area (TPSA) is 64.6 Å². The van der Waals surface area contributed by atoms with Crippen molar-refractivity contribution in [2.45, 2.75) is 39.2 Å². The second-order valence-electron chi connectivity index (χ2n) is 7.43. The number of carbonyl (C=O) groups is 2. The summed E-state index contributed by atoms with van der Waals surface area (Å²) in [5.41, 5.74) is 0.291. The van der Waals surface area contributed by atoms with Crippen LogP contribution in [0, 0.1) is 11.8 Å². The van der Waals surface area contributed by atoms with Crippen molar-refractivity contribution in [2.24, 2.45) is 11.8 Å². The number of ether oxygens (including phenoxy) is 2. The lowest BCUT2D eigenvalue weighted by atomic mass is 9.78. The number of amides is 1. The summed E-state index contributed by atoms with van der Waals surface area (Å²) in [6.45, 7) is 4.08. The molecule has 5 heteroatoms. The highest BCUT2D eigenvalue weighted by Crippen LogP contribution is 2.29. The summed E-state index contributed by atoms with van der Waals surface area (Å²) in [6, 6.07) is 16.2. The van der Waals surface area contributed by atoms with E-state index >= 15 is 0 Å². The molecule has 1 N–H and O–H groups in total. The van der Waals surface area contributed by atoms with E-state index in [1.54, 1.807) is 24.3 Å². The highest BCUT2D eigenvalue weighted by Gasteiger charge is 2.28. The average Bonchev–Trinajstić information content (AvgIpc) is 2.71. The van der Waals surface area contributed by atoms with Crippen LogP contribution in [0.2, 0.25) is 0 Å². The van der Waals surface area contributed by atoms with E-state index in [4.69, 9.17) is 9.47 Å². The van der Waals surface area contributed by atoms with Crippen molar-refractivity contribution in [3.05, 3.63) is 60.2 Å². The van der Waals surface area contributed by atoms with E-state index in [0.29, 0.717) is 28.9 Å². The van der Waals surface area contributed by atoms with Crippen LogP contribution in [0.4, 0.5) is 0 Å². The van der Waals surface area contributed by atoms with Crippen molar-refractivity contribution in [3.63, 3.8) is 0 Å². The lowest BCUT2D eigenvalue weighted by Crippen LogP contribution is -2.45. The first kappa shape index (κ1) is 19.9. The molecule has 0 aromatic heterocycles. The van der Waals surface area contributed by atoms with Gasteiger partial charge in [-0.15, -0.1) is 0 Å². The number of esters is 1. The van der Waals surface area contributed by atoms with Gasteiger partial charge in [0, 0.05) is 6.04 Å². The number of benzene rings is 2. The van der Waals surface area contributed by atoms with E-state index in [9.17, 15) is 9.59 Å². The van der Waals surface area contributed by atoms with Crippen molar-refractivity contribution < 1.29 is 19.1 Å². The summed E-state index contributed by atoms with van der Waals surface area (Å²) in [6.07, 6.45) is 3.28. The molecule has 0 aliphatic heterocycles. The van der Waals surface area contributed by atoms with E-state index < -0.39 is 5.97 Å². The molecule has 3 rings (SSSR count). The van der Waals surface area contributed by atoms with Gasteiger partial charge in [-0.3, -0.25) is 4.79 Å². The molecule has 1 saturated carbocycles. The molecule has 0 radical (unpaired) electrons. The van der Waals surface area contributed by atoms with Gasteiger partial charge in [0.25, 0.3) is 5.91 Å². The van der Waals surface area contributed by atoms with Gasteiger partial charge in [-0.2, -0.15) is 0 Å².